The van der Waals surface area contributed by atoms with Crippen molar-refractivity contribution in [1.29, 1.82) is 0 Å². The Morgan fingerprint density at radius 3 is 2.92 bits per heavy atom. The van der Waals surface area contributed by atoms with Gasteiger partial charge >= 0.3 is 0 Å². The molecule has 0 aromatic heterocycles. The third kappa shape index (κ3) is 2.69. The van der Waals surface area contributed by atoms with E-state index < -0.39 is 18.3 Å². The number of halogens is 1. The lowest BCUT2D eigenvalue weighted by Gasteiger charge is -2.34. The van der Waals surface area contributed by atoms with Crippen LogP contribution in [0.1, 0.15) is 19.3 Å². The van der Waals surface area contributed by atoms with Crippen LogP contribution in [0.4, 0.5) is 4.39 Å². The van der Waals surface area contributed by atoms with Gasteiger partial charge in [0, 0.05) is 12.1 Å². The minimum Gasteiger partial charge on any atom is -0.390 e. The van der Waals surface area contributed by atoms with E-state index in [2.05, 4.69) is 0 Å². The number of rotatable bonds is 3. The maximum absolute atomic E-state index is 12.0. The van der Waals surface area contributed by atoms with Gasteiger partial charge in [-0.25, -0.2) is 4.39 Å². The fraction of sp³-hybridized carbons (Fsp3) is 1.00. The van der Waals surface area contributed by atoms with Crippen molar-refractivity contribution in [2.24, 2.45) is 5.73 Å². The van der Waals surface area contributed by atoms with Crippen molar-refractivity contribution in [3.05, 3.63) is 0 Å². The van der Waals surface area contributed by atoms with E-state index in [1.165, 1.54) is 0 Å². The maximum atomic E-state index is 12.0. The Morgan fingerprint density at radius 1 is 1.67 bits per heavy atom. The third-order valence-electron chi connectivity index (χ3n) is 2.17. The van der Waals surface area contributed by atoms with Crippen molar-refractivity contribution in [3.8, 4) is 0 Å². The molecular weight excluding hydrogens is 161 g/mol. The lowest BCUT2D eigenvalue weighted by molar-refractivity contribution is 0.00757. The van der Waals surface area contributed by atoms with Gasteiger partial charge < -0.3 is 15.6 Å². The maximum Gasteiger partial charge on any atom is 0.115 e. The molecule has 0 radical (unpaired) electrons. The highest BCUT2D eigenvalue weighted by Crippen LogP contribution is 2.21. The highest BCUT2D eigenvalue weighted by Gasteiger charge is 2.30. The fourth-order valence-corrected chi connectivity index (χ4v) is 1.56. The summed E-state index contributed by atoms with van der Waals surface area (Å²) in [6, 6.07) is 0. The molecule has 2 atom stereocenters. The number of aliphatic hydroxyl groups is 1. The number of nitrogens with two attached hydrogens (primary N) is 1. The summed E-state index contributed by atoms with van der Waals surface area (Å²) in [7, 11) is 0. The fourth-order valence-electron chi connectivity index (χ4n) is 1.56. The molecule has 12 heavy (non-hydrogen) atoms. The number of ether oxygens (including phenoxy) is 1. The highest BCUT2D eigenvalue weighted by atomic mass is 19.1. The Balaban J connectivity index is 2.35. The second-order valence-corrected chi connectivity index (χ2v) is 3.53. The Labute approximate surface area is 71.7 Å². The molecule has 3 N–H and O–H groups in total. The van der Waals surface area contributed by atoms with Crippen molar-refractivity contribution in [2.45, 2.75) is 30.9 Å². The number of hydrogen-bond acceptors (Lipinski definition) is 3. The van der Waals surface area contributed by atoms with Crippen molar-refractivity contribution in [3.63, 3.8) is 0 Å². The van der Waals surface area contributed by atoms with Gasteiger partial charge in [-0.05, 0) is 19.3 Å². The van der Waals surface area contributed by atoms with Crippen LogP contribution in [0.15, 0.2) is 0 Å². The minimum atomic E-state index is -0.934. The van der Waals surface area contributed by atoms with Gasteiger partial charge in [0.2, 0.25) is 0 Å². The van der Waals surface area contributed by atoms with Crippen LogP contribution in [-0.4, -0.2) is 36.6 Å². The van der Waals surface area contributed by atoms with E-state index in [-0.39, 0.29) is 0 Å². The summed E-state index contributed by atoms with van der Waals surface area (Å²) in [4.78, 5) is 0. The van der Waals surface area contributed by atoms with Gasteiger partial charge in [0.15, 0.2) is 0 Å². The van der Waals surface area contributed by atoms with Gasteiger partial charge in [0.05, 0.1) is 12.7 Å². The van der Waals surface area contributed by atoms with E-state index in [1.54, 1.807) is 0 Å². The van der Waals surface area contributed by atoms with E-state index in [9.17, 15) is 4.39 Å². The van der Waals surface area contributed by atoms with Crippen LogP contribution < -0.4 is 5.73 Å². The molecule has 3 nitrogen and oxygen atoms in total. The summed E-state index contributed by atoms with van der Waals surface area (Å²) >= 11 is 0. The minimum absolute atomic E-state index is 0.295. The van der Waals surface area contributed by atoms with E-state index >= 15 is 0 Å². The molecule has 0 aromatic rings. The van der Waals surface area contributed by atoms with Gasteiger partial charge in [-0.2, -0.15) is 0 Å². The van der Waals surface area contributed by atoms with Crippen molar-refractivity contribution in [2.75, 3.05) is 19.9 Å². The summed E-state index contributed by atoms with van der Waals surface area (Å²) in [5.74, 6) is 0. The van der Waals surface area contributed by atoms with Crippen molar-refractivity contribution >= 4 is 0 Å². The van der Waals surface area contributed by atoms with Crippen molar-refractivity contribution in [1.82, 2.24) is 0 Å². The molecule has 1 heterocycles. The van der Waals surface area contributed by atoms with E-state index in [0.29, 0.717) is 13.0 Å². The van der Waals surface area contributed by atoms with Crippen molar-refractivity contribution < 1.29 is 14.2 Å². The monoisotopic (exact) mass is 177 g/mol. The van der Waals surface area contributed by atoms with Crippen LogP contribution in [0, 0.1) is 0 Å². The van der Waals surface area contributed by atoms with Crippen LogP contribution in [0.2, 0.25) is 0 Å². The normalized spacial score (nSPS) is 33.2. The molecule has 1 fully saturated rings. The molecule has 0 aromatic carbocycles. The zero-order valence-electron chi connectivity index (χ0n) is 7.13. The molecule has 72 valence electrons. The standard InChI is InChI=1S/C8H16FNO2/c9-5-7(11)4-8(10)2-1-3-12-6-8/h7,11H,1-6,10H2. The largest absolute Gasteiger partial charge is 0.390 e. The predicted octanol–water partition coefficient (Wildman–Crippen LogP) is 0.215. The van der Waals surface area contributed by atoms with Crippen LogP contribution >= 0.6 is 0 Å². The first-order chi connectivity index (χ1) is 5.66. The van der Waals surface area contributed by atoms with Crippen LogP contribution in [0.3, 0.4) is 0 Å². The van der Waals surface area contributed by atoms with E-state index in [0.717, 1.165) is 19.4 Å². The number of aliphatic hydroxyl groups excluding tert-OH is 1. The quantitative estimate of drug-likeness (QED) is 0.648. The average molecular weight is 177 g/mol. The first-order valence-corrected chi connectivity index (χ1v) is 4.27. The lowest BCUT2D eigenvalue weighted by Crippen LogP contribution is -2.49. The van der Waals surface area contributed by atoms with Gasteiger partial charge in [-0.15, -0.1) is 0 Å². The lowest BCUT2D eigenvalue weighted by atomic mass is 9.88. The van der Waals surface area contributed by atoms with Gasteiger partial charge in [-0.3, -0.25) is 0 Å². The molecule has 1 aliphatic rings. The zero-order chi connectivity index (χ0) is 9.03. The first kappa shape index (κ1) is 9.89. The third-order valence-corrected chi connectivity index (χ3v) is 2.17. The molecule has 2 unspecified atom stereocenters. The summed E-state index contributed by atoms with van der Waals surface area (Å²) in [6.07, 6.45) is 1.07. The summed E-state index contributed by atoms with van der Waals surface area (Å²) < 4.78 is 17.1. The van der Waals surface area contributed by atoms with Crippen LogP contribution in [0.25, 0.3) is 0 Å². The summed E-state index contributed by atoms with van der Waals surface area (Å²) in [6.45, 7) is 0.438. The zero-order valence-corrected chi connectivity index (χ0v) is 7.13. The second-order valence-electron chi connectivity index (χ2n) is 3.53. The van der Waals surface area contributed by atoms with Gasteiger partial charge in [0.25, 0.3) is 0 Å². The molecular formula is C8H16FNO2. The molecule has 0 aliphatic carbocycles. The second kappa shape index (κ2) is 4.16. The van der Waals surface area contributed by atoms with E-state index in [1.807, 2.05) is 0 Å². The predicted molar refractivity (Wildman–Crippen MR) is 43.6 cm³/mol. The molecule has 0 bridgehead atoms. The van der Waals surface area contributed by atoms with Gasteiger partial charge in [0.1, 0.15) is 6.67 Å². The molecule has 1 rings (SSSR count). The summed E-state index contributed by atoms with van der Waals surface area (Å²) in [5, 5.41) is 9.06. The topological polar surface area (TPSA) is 55.5 Å². The molecule has 4 heteroatoms. The van der Waals surface area contributed by atoms with Crippen LogP contribution in [-0.2, 0) is 4.74 Å². The number of hydrogen-bond donors (Lipinski definition) is 2. The first-order valence-electron chi connectivity index (χ1n) is 4.27. The summed E-state index contributed by atoms with van der Waals surface area (Å²) in [5.41, 5.74) is 5.37. The van der Waals surface area contributed by atoms with Crippen LogP contribution in [0.5, 0.6) is 0 Å². The molecule has 0 spiro atoms. The van der Waals surface area contributed by atoms with E-state index in [4.69, 9.17) is 15.6 Å². The molecule has 1 aliphatic heterocycles. The van der Waals surface area contributed by atoms with Gasteiger partial charge in [-0.1, -0.05) is 0 Å². The smallest absolute Gasteiger partial charge is 0.115 e. The SMILES string of the molecule is NC1(CC(O)CF)CCCOC1. The molecule has 0 saturated carbocycles. The Bertz CT molecular complexity index is 137. The Hall–Kier alpha value is -0.190. The molecule has 0 amide bonds. The average Bonchev–Trinajstić information content (AvgIpc) is 2.05. The molecule has 1 saturated heterocycles. The number of alkyl halides is 1. The Kier molecular flexibility index (Phi) is 3.43. The highest BCUT2D eigenvalue weighted by molar-refractivity contribution is 4.88. The Morgan fingerprint density at radius 2 is 2.42 bits per heavy atom.